The van der Waals surface area contributed by atoms with E-state index in [1.807, 2.05) is 26.0 Å². The summed E-state index contributed by atoms with van der Waals surface area (Å²) in [5.41, 5.74) is 2.02. The second kappa shape index (κ2) is 9.78. The highest BCUT2D eigenvalue weighted by molar-refractivity contribution is 6.03. The zero-order valence-electron chi connectivity index (χ0n) is 17.1. The van der Waals surface area contributed by atoms with Crippen LogP contribution in [0.15, 0.2) is 42.5 Å². The molecule has 8 heteroatoms. The number of nitrogens with zero attached hydrogens (tertiary/aromatic N) is 1. The van der Waals surface area contributed by atoms with Crippen LogP contribution in [-0.2, 0) is 14.4 Å². The number of fused-ring (bicyclic) bond motifs is 1. The van der Waals surface area contributed by atoms with Gasteiger partial charge in [-0.3, -0.25) is 19.3 Å². The molecule has 0 aliphatic carbocycles. The van der Waals surface area contributed by atoms with E-state index in [1.54, 1.807) is 30.3 Å². The third-order valence-electron chi connectivity index (χ3n) is 4.45. The van der Waals surface area contributed by atoms with Gasteiger partial charge in [0.2, 0.25) is 5.91 Å². The maximum absolute atomic E-state index is 12.3. The number of aryl methyl sites for hydroxylation is 1. The quantitative estimate of drug-likeness (QED) is 0.695. The van der Waals surface area contributed by atoms with E-state index >= 15 is 0 Å². The maximum atomic E-state index is 12.3. The summed E-state index contributed by atoms with van der Waals surface area (Å²) in [5, 5.41) is 5.49. The summed E-state index contributed by atoms with van der Waals surface area (Å²) in [7, 11) is 0. The standard InChI is InChI=1S/C22H25N3O5/c1-3-10-23-20(26)12-25-18-11-16(6-9-19(18)30-14-22(25)28)24-21(27)13-29-17-7-4-15(2)5-8-17/h4-9,11H,3,10,12-14H2,1-2H3,(H,23,26)(H,24,27). The molecule has 0 saturated heterocycles. The third-order valence-corrected chi connectivity index (χ3v) is 4.45. The normalized spacial score (nSPS) is 12.6. The van der Waals surface area contributed by atoms with Gasteiger partial charge in [-0.25, -0.2) is 0 Å². The Hall–Kier alpha value is -3.55. The predicted octanol–water partition coefficient (Wildman–Crippen LogP) is 2.26. The molecule has 2 N–H and O–H groups in total. The first kappa shape index (κ1) is 21.2. The zero-order valence-corrected chi connectivity index (χ0v) is 17.1. The number of anilines is 2. The summed E-state index contributed by atoms with van der Waals surface area (Å²) in [4.78, 5) is 38.0. The lowest BCUT2D eigenvalue weighted by Gasteiger charge is -2.29. The van der Waals surface area contributed by atoms with Gasteiger partial charge in [0.1, 0.15) is 18.0 Å². The summed E-state index contributed by atoms with van der Waals surface area (Å²) < 4.78 is 10.9. The van der Waals surface area contributed by atoms with E-state index in [2.05, 4.69) is 10.6 Å². The molecule has 158 valence electrons. The van der Waals surface area contributed by atoms with Crippen molar-refractivity contribution >= 4 is 29.1 Å². The van der Waals surface area contributed by atoms with E-state index < -0.39 is 0 Å². The lowest BCUT2D eigenvalue weighted by molar-refractivity contribution is -0.125. The average molecular weight is 411 g/mol. The van der Waals surface area contributed by atoms with Crippen LogP contribution >= 0.6 is 0 Å². The minimum Gasteiger partial charge on any atom is -0.484 e. The van der Waals surface area contributed by atoms with Crippen LogP contribution in [0.5, 0.6) is 11.5 Å². The molecule has 1 heterocycles. The summed E-state index contributed by atoms with van der Waals surface area (Å²) >= 11 is 0. The van der Waals surface area contributed by atoms with Crippen molar-refractivity contribution in [3.8, 4) is 11.5 Å². The van der Waals surface area contributed by atoms with Crippen LogP contribution in [0.1, 0.15) is 18.9 Å². The molecule has 0 fully saturated rings. The van der Waals surface area contributed by atoms with Crippen molar-refractivity contribution in [1.82, 2.24) is 5.32 Å². The van der Waals surface area contributed by atoms with Crippen molar-refractivity contribution in [1.29, 1.82) is 0 Å². The van der Waals surface area contributed by atoms with E-state index in [1.165, 1.54) is 4.90 Å². The number of ether oxygens (including phenoxy) is 2. The van der Waals surface area contributed by atoms with Gasteiger partial charge in [-0.05, 0) is 43.7 Å². The van der Waals surface area contributed by atoms with Crippen molar-refractivity contribution in [3.63, 3.8) is 0 Å². The lowest BCUT2D eigenvalue weighted by Crippen LogP contribution is -2.45. The highest BCUT2D eigenvalue weighted by Gasteiger charge is 2.27. The van der Waals surface area contributed by atoms with Gasteiger partial charge in [-0.2, -0.15) is 0 Å². The Balaban J connectivity index is 1.65. The van der Waals surface area contributed by atoms with Gasteiger partial charge < -0.3 is 20.1 Å². The Morgan fingerprint density at radius 1 is 1.13 bits per heavy atom. The van der Waals surface area contributed by atoms with Crippen molar-refractivity contribution in [2.45, 2.75) is 20.3 Å². The van der Waals surface area contributed by atoms with Crippen LogP contribution in [0.25, 0.3) is 0 Å². The Morgan fingerprint density at radius 3 is 2.63 bits per heavy atom. The second-order valence-corrected chi connectivity index (χ2v) is 6.95. The molecular weight excluding hydrogens is 386 g/mol. The van der Waals surface area contributed by atoms with Gasteiger partial charge in [0.25, 0.3) is 11.8 Å². The lowest BCUT2D eigenvalue weighted by atomic mass is 10.2. The minimum atomic E-state index is -0.342. The molecule has 0 radical (unpaired) electrons. The molecule has 2 aromatic rings. The average Bonchev–Trinajstić information content (AvgIpc) is 2.74. The molecule has 0 spiro atoms. The Kier molecular flexibility index (Phi) is 6.90. The van der Waals surface area contributed by atoms with Crippen LogP contribution in [-0.4, -0.2) is 44.0 Å². The van der Waals surface area contributed by atoms with Crippen molar-refractivity contribution in [3.05, 3.63) is 48.0 Å². The fraction of sp³-hybridized carbons (Fsp3) is 0.318. The molecule has 1 aliphatic heterocycles. The van der Waals surface area contributed by atoms with Gasteiger partial charge in [0.15, 0.2) is 13.2 Å². The SMILES string of the molecule is CCCNC(=O)CN1C(=O)COc2ccc(NC(=O)COc3ccc(C)cc3)cc21. The maximum Gasteiger partial charge on any atom is 0.265 e. The number of nitrogens with one attached hydrogen (secondary N) is 2. The van der Waals surface area contributed by atoms with E-state index in [-0.39, 0.29) is 37.5 Å². The Bertz CT molecular complexity index is 927. The van der Waals surface area contributed by atoms with E-state index in [0.717, 1.165) is 12.0 Å². The molecule has 1 aliphatic rings. The molecule has 0 atom stereocenters. The summed E-state index contributed by atoms with van der Waals surface area (Å²) in [5.74, 6) is 0.168. The van der Waals surface area contributed by atoms with Crippen LogP contribution in [0.2, 0.25) is 0 Å². The Morgan fingerprint density at radius 2 is 1.90 bits per heavy atom. The van der Waals surface area contributed by atoms with Gasteiger partial charge in [0.05, 0.1) is 5.69 Å². The molecule has 8 nitrogen and oxygen atoms in total. The van der Waals surface area contributed by atoms with Crippen molar-refractivity contribution in [2.75, 3.05) is 36.5 Å². The first-order valence-corrected chi connectivity index (χ1v) is 9.79. The molecule has 3 amide bonds. The summed E-state index contributed by atoms with van der Waals surface area (Å²) in [6.45, 7) is 4.07. The van der Waals surface area contributed by atoms with Gasteiger partial charge in [-0.15, -0.1) is 0 Å². The molecule has 2 aromatic carbocycles. The largest absolute Gasteiger partial charge is 0.484 e. The third kappa shape index (κ3) is 5.50. The molecule has 0 aromatic heterocycles. The molecular formula is C22H25N3O5. The molecule has 0 saturated carbocycles. The topological polar surface area (TPSA) is 97.0 Å². The monoisotopic (exact) mass is 411 g/mol. The van der Waals surface area contributed by atoms with Crippen molar-refractivity contribution < 1.29 is 23.9 Å². The molecule has 30 heavy (non-hydrogen) atoms. The smallest absolute Gasteiger partial charge is 0.265 e. The number of rotatable bonds is 8. The number of carbonyl (C=O) groups excluding carboxylic acids is 3. The number of carbonyl (C=O) groups is 3. The van der Waals surface area contributed by atoms with Gasteiger partial charge in [-0.1, -0.05) is 24.6 Å². The first-order valence-electron chi connectivity index (χ1n) is 9.79. The molecule has 0 unspecified atom stereocenters. The minimum absolute atomic E-state index is 0.108. The molecule has 3 rings (SSSR count). The van der Waals surface area contributed by atoms with E-state index in [9.17, 15) is 14.4 Å². The molecule has 0 bridgehead atoms. The highest BCUT2D eigenvalue weighted by atomic mass is 16.5. The Labute approximate surface area is 175 Å². The van der Waals surface area contributed by atoms with Crippen LogP contribution in [0.3, 0.4) is 0 Å². The van der Waals surface area contributed by atoms with Crippen LogP contribution < -0.4 is 25.0 Å². The second-order valence-electron chi connectivity index (χ2n) is 6.95. The number of amides is 3. The van der Waals surface area contributed by atoms with Gasteiger partial charge in [0, 0.05) is 12.2 Å². The zero-order chi connectivity index (χ0) is 21.5. The van der Waals surface area contributed by atoms with Crippen LogP contribution in [0.4, 0.5) is 11.4 Å². The number of hydrogen-bond acceptors (Lipinski definition) is 5. The summed E-state index contributed by atoms with van der Waals surface area (Å²) in [6, 6.07) is 12.3. The number of hydrogen-bond donors (Lipinski definition) is 2. The highest BCUT2D eigenvalue weighted by Crippen LogP contribution is 2.34. The number of benzene rings is 2. The predicted molar refractivity (Wildman–Crippen MR) is 113 cm³/mol. The van der Waals surface area contributed by atoms with Crippen LogP contribution in [0, 0.1) is 6.92 Å². The van der Waals surface area contributed by atoms with E-state index in [4.69, 9.17) is 9.47 Å². The summed E-state index contributed by atoms with van der Waals surface area (Å²) in [6.07, 6.45) is 0.806. The van der Waals surface area contributed by atoms with E-state index in [0.29, 0.717) is 29.4 Å². The van der Waals surface area contributed by atoms with Gasteiger partial charge >= 0.3 is 0 Å². The fourth-order valence-corrected chi connectivity index (χ4v) is 2.90. The fourth-order valence-electron chi connectivity index (χ4n) is 2.90. The van der Waals surface area contributed by atoms with Crippen molar-refractivity contribution in [2.24, 2.45) is 0 Å². The first-order chi connectivity index (χ1) is 14.5.